The SMILES string of the molecule is COc1cc(/C=C2\C(=O)NC(=O)N(c3cccc(C)c3)C2=O)ccc1OCc1ccc(C)c(C)c1. The summed E-state index contributed by atoms with van der Waals surface area (Å²) in [6.45, 7) is 6.33. The first-order chi connectivity index (χ1) is 16.8. The number of nitrogens with zero attached hydrogens (tertiary/aromatic N) is 1. The quantitative estimate of drug-likeness (QED) is 0.411. The van der Waals surface area contributed by atoms with E-state index in [1.54, 1.807) is 36.4 Å². The Morgan fingerprint density at radius 1 is 0.886 bits per heavy atom. The molecule has 0 aliphatic carbocycles. The van der Waals surface area contributed by atoms with Crippen molar-refractivity contribution in [3.05, 3.63) is 94.1 Å². The lowest BCUT2D eigenvalue weighted by Gasteiger charge is -2.26. The number of rotatable bonds is 6. The lowest BCUT2D eigenvalue weighted by Crippen LogP contribution is -2.54. The second-order valence-corrected chi connectivity index (χ2v) is 8.41. The molecule has 0 aromatic heterocycles. The Kier molecular flexibility index (Phi) is 6.68. The first kappa shape index (κ1) is 23.8. The van der Waals surface area contributed by atoms with Crippen molar-refractivity contribution in [3.8, 4) is 11.5 Å². The summed E-state index contributed by atoms with van der Waals surface area (Å²) in [7, 11) is 1.52. The van der Waals surface area contributed by atoms with Gasteiger partial charge in [0.15, 0.2) is 11.5 Å². The van der Waals surface area contributed by atoms with E-state index in [2.05, 4.69) is 31.3 Å². The van der Waals surface area contributed by atoms with Crippen molar-refractivity contribution in [2.45, 2.75) is 27.4 Å². The maximum Gasteiger partial charge on any atom is 0.335 e. The Balaban J connectivity index is 1.59. The van der Waals surface area contributed by atoms with Gasteiger partial charge in [0.2, 0.25) is 0 Å². The Bertz CT molecular complexity index is 1360. The van der Waals surface area contributed by atoms with Gasteiger partial charge in [-0.1, -0.05) is 36.4 Å². The van der Waals surface area contributed by atoms with Gasteiger partial charge in [-0.05, 0) is 78.9 Å². The maximum atomic E-state index is 13.1. The third-order valence-electron chi connectivity index (χ3n) is 5.83. The van der Waals surface area contributed by atoms with Gasteiger partial charge in [-0.15, -0.1) is 0 Å². The van der Waals surface area contributed by atoms with Crippen LogP contribution in [0.1, 0.15) is 27.8 Å². The highest BCUT2D eigenvalue weighted by Gasteiger charge is 2.36. The number of barbiturate groups is 1. The molecule has 0 saturated carbocycles. The largest absolute Gasteiger partial charge is 0.493 e. The van der Waals surface area contributed by atoms with Gasteiger partial charge in [-0.2, -0.15) is 0 Å². The Labute approximate surface area is 204 Å². The minimum Gasteiger partial charge on any atom is -0.493 e. The summed E-state index contributed by atoms with van der Waals surface area (Å²) in [5.41, 5.74) is 5.10. The van der Waals surface area contributed by atoms with Crippen LogP contribution in [0.25, 0.3) is 6.08 Å². The fourth-order valence-corrected chi connectivity index (χ4v) is 3.77. The highest BCUT2D eigenvalue weighted by atomic mass is 16.5. The van der Waals surface area contributed by atoms with Crippen LogP contribution >= 0.6 is 0 Å². The number of benzene rings is 3. The van der Waals surface area contributed by atoms with E-state index in [4.69, 9.17) is 9.47 Å². The van der Waals surface area contributed by atoms with Gasteiger partial charge < -0.3 is 9.47 Å². The Hall–Kier alpha value is -4.39. The van der Waals surface area contributed by atoms with Gasteiger partial charge in [0.05, 0.1) is 12.8 Å². The highest BCUT2D eigenvalue weighted by molar-refractivity contribution is 6.39. The minimum atomic E-state index is -0.782. The third-order valence-corrected chi connectivity index (χ3v) is 5.83. The molecule has 0 bridgehead atoms. The fraction of sp³-hybridized carbons (Fsp3) is 0.179. The summed E-state index contributed by atoms with van der Waals surface area (Å²) in [4.78, 5) is 39.0. The zero-order valence-electron chi connectivity index (χ0n) is 20.0. The molecule has 7 nitrogen and oxygen atoms in total. The number of aryl methyl sites for hydroxylation is 3. The Morgan fingerprint density at radius 2 is 1.69 bits per heavy atom. The molecule has 1 N–H and O–H groups in total. The molecule has 178 valence electrons. The molecule has 35 heavy (non-hydrogen) atoms. The fourth-order valence-electron chi connectivity index (χ4n) is 3.77. The van der Waals surface area contributed by atoms with Crippen molar-refractivity contribution in [3.63, 3.8) is 0 Å². The molecule has 1 saturated heterocycles. The van der Waals surface area contributed by atoms with Gasteiger partial charge in [-0.25, -0.2) is 9.69 Å². The monoisotopic (exact) mass is 470 g/mol. The third kappa shape index (κ3) is 5.09. The van der Waals surface area contributed by atoms with Crippen LogP contribution in [0.4, 0.5) is 10.5 Å². The Morgan fingerprint density at radius 3 is 2.40 bits per heavy atom. The molecule has 0 spiro atoms. The van der Waals surface area contributed by atoms with E-state index in [0.29, 0.717) is 29.4 Å². The molecule has 1 aliphatic rings. The lowest BCUT2D eigenvalue weighted by molar-refractivity contribution is -0.122. The molecule has 0 unspecified atom stereocenters. The van der Waals surface area contributed by atoms with Crippen molar-refractivity contribution in [2.75, 3.05) is 12.0 Å². The van der Waals surface area contributed by atoms with Crippen molar-refractivity contribution >= 4 is 29.6 Å². The summed E-state index contributed by atoms with van der Waals surface area (Å²) in [5.74, 6) is -0.460. The van der Waals surface area contributed by atoms with Crippen LogP contribution in [0, 0.1) is 20.8 Å². The summed E-state index contributed by atoms with van der Waals surface area (Å²) < 4.78 is 11.4. The van der Waals surface area contributed by atoms with Gasteiger partial charge in [0.1, 0.15) is 12.2 Å². The molecule has 3 aromatic rings. The molecule has 3 aromatic carbocycles. The van der Waals surface area contributed by atoms with E-state index >= 15 is 0 Å². The molecule has 0 radical (unpaired) electrons. The lowest BCUT2D eigenvalue weighted by atomic mass is 10.1. The van der Waals surface area contributed by atoms with E-state index in [9.17, 15) is 14.4 Å². The molecular weight excluding hydrogens is 444 g/mol. The van der Waals surface area contributed by atoms with Crippen LogP contribution in [-0.2, 0) is 16.2 Å². The standard InChI is InChI=1S/C28H26N2O5/c1-17-6-5-7-22(12-17)30-27(32)23(26(31)29-28(30)33)14-20-10-11-24(25(15-20)34-4)35-16-21-9-8-18(2)19(3)13-21/h5-15H,16H2,1-4H3,(H,29,31,33)/b23-14+. The minimum absolute atomic E-state index is 0.156. The van der Waals surface area contributed by atoms with Crippen molar-refractivity contribution < 1.29 is 23.9 Å². The summed E-state index contributed by atoms with van der Waals surface area (Å²) in [5, 5.41) is 2.24. The number of methoxy groups -OCH3 is 1. The number of imide groups is 2. The number of carbonyl (C=O) groups excluding carboxylic acids is 3. The topological polar surface area (TPSA) is 84.9 Å². The van der Waals surface area contributed by atoms with Crippen LogP contribution in [-0.4, -0.2) is 25.0 Å². The zero-order valence-corrected chi connectivity index (χ0v) is 20.0. The van der Waals surface area contributed by atoms with E-state index < -0.39 is 17.8 Å². The van der Waals surface area contributed by atoms with Gasteiger partial charge >= 0.3 is 6.03 Å². The summed E-state index contributed by atoms with van der Waals surface area (Å²) >= 11 is 0. The smallest absolute Gasteiger partial charge is 0.335 e. The van der Waals surface area contributed by atoms with E-state index in [-0.39, 0.29) is 5.57 Å². The van der Waals surface area contributed by atoms with Crippen molar-refractivity contribution in [2.24, 2.45) is 0 Å². The van der Waals surface area contributed by atoms with Crippen LogP contribution in [0.2, 0.25) is 0 Å². The van der Waals surface area contributed by atoms with E-state index in [0.717, 1.165) is 16.0 Å². The van der Waals surface area contributed by atoms with Gasteiger partial charge in [0.25, 0.3) is 11.8 Å². The second-order valence-electron chi connectivity index (χ2n) is 8.41. The molecule has 4 rings (SSSR count). The predicted octanol–water partition coefficient (Wildman–Crippen LogP) is 4.87. The first-order valence-electron chi connectivity index (χ1n) is 11.1. The average molecular weight is 471 g/mol. The van der Waals surface area contributed by atoms with E-state index in [1.807, 2.05) is 19.1 Å². The van der Waals surface area contributed by atoms with Gasteiger partial charge in [0, 0.05) is 0 Å². The van der Waals surface area contributed by atoms with Crippen molar-refractivity contribution in [1.29, 1.82) is 0 Å². The van der Waals surface area contributed by atoms with Crippen LogP contribution in [0.5, 0.6) is 11.5 Å². The second kappa shape index (κ2) is 9.85. The number of hydrogen-bond acceptors (Lipinski definition) is 5. The first-order valence-corrected chi connectivity index (χ1v) is 11.1. The maximum absolute atomic E-state index is 13.1. The highest BCUT2D eigenvalue weighted by Crippen LogP contribution is 2.31. The molecule has 0 atom stereocenters. The summed E-state index contributed by atoms with van der Waals surface area (Å²) in [6, 6.07) is 17.4. The van der Waals surface area contributed by atoms with Crippen LogP contribution in [0.15, 0.2) is 66.2 Å². The molecule has 1 aliphatic heterocycles. The number of ether oxygens (including phenoxy) is 2. The van der Waals surface area contributed by atoms with Crippen LogP contribution in [0.3, 0.4) is 0 Å². The normalized spacial score (nSPS) is 14.8. The number of amides is 4. The number of nitrogens with one attached hydrogen (secondary N) is 1. The molecule has 7 heteroatoms. The molecule has 1 heterocycles. The predicted molar refractivity (Wildman–Crippen MR) is 133 cm³/mol. The van der Waals surface area contributed by atoms with E-state index in [1.165, 1.54) is 24.3 Å². The number of hydrogen-bond donors (Lipinski definition) is 1. The average Bonchev–Trinajstić information content (AvgIpc) is 2.82. The number of carbonyl (C=O) groups is 3. The van der Waals surface area contributed by atoms with Crippen LogP contribution < -0.4 is 19.7 Å². The number of urea groups is 1. The zero-order chi connectivity index (χ0) is 25.1. The molecule has 4 amide bonds. The molecular formula is C28H26N2O5. The van der Waals surface area contributed by atoms with Gasteiger partial charge in [-0.3, -0.25) is 14.9 Å². The summed E-state index contributed by atoms with van der Waals surface area (Å²) in [6.07, 6.45) is 1.43. The number of anilines is 1. The van der Waals surface area contributed by atoms with Crippen molar-refractivity contribution in [1.82, 2.24) is 5.32 Å². The molecule has 1 fully saturated rings.